The van der Waals surface area contributed by atoms with Crippen LogP contribution in [0.2, 0.25) is 0 Å². The van der Waals surface area contributed by atoms with Crippen molar-refractivity contribution in [3.63, 3.8) is 0 Å². The quantitative estimate of drug-likeness (QED) is 0.910. The van der Waals surface area contributed by atoms with Gasteiger partial charge in [-0.15, -0.1) is 0 Å². The van der Waals surface area contributed by atoms with Gasteiger partial charge >= 0.3 is 0 Å². The number of benzene rings is 2. The van der Waals surface area contributed by atoms with E-state index in [1.165, 1.54) is 16.7 Å². The third kappa shape index (κ3) is 1.82. The summed E-state index contributed by atoms with van der Waals surface area (Å²) in [5.41, 5.74) is 12.5. The molecule has 2 heterocycles. The van der Waals surface area contributed by atoms with E-state index in [0.717, 1.165) is 29.9 Å². The molecule has 3 nitrogen and oxygen atoms in total. The maximum absolute atomic E-state index is 6.46. The molecular weight excluding hydrogens is 250 g/mol. The van der Waals surface area contributed by atoms with Crippen molar-refractivity contribution in [3.05, 3.63) is 64.2 Å². The highest BCUT2D eigenvalue weighted by Gasteiger charge is 2.22. The van der Waals surface area contributed by atoms with E-state index >= 15 is 0 Å². The molecule has 0 fully saturated rings. The van der Waals surface area contributed by atoms with Gasteiger partial charge in [0.15, 0.2) is 0 Å². The van der Waals surface area contributed by atoms with Gasteiger partial charge in [-0.2, -0.15) is 0 Å². The highest BCUT2D eigenvalue weighted by atomic mass is 16.5. The molecule has 0 aromatic heterocycles. The molecule has 3 heteroatoms. The molecule has 20 heavy (non-hydrogen) atoms. The summed E-state index contributed by atoms with van der Waals surface area (Å²) in [4.78, 5) is 0. The van der Waals surface area contributed by atoms with Gasteiger partial charge in [0.25, 0.3) is 0 Å². The molecular formula is C17H17NO2. The van der Waals surface area contributed by atoms with Gasteiger partial charge in [0.2, 0.25) is 0 Å². The minimum Gasteiger partial charge on any atom is -0.493 e. The molecule has 102 valence electrons. The Kier molecular flexibility index (Phi) is 2.76. The fraction of sp³-hybridized carbons (Fsp3) is 0.294. The Morgan fingerprint density at radius 3 is 2.85 bits per heavy atom. The topological polar surface area (TPSA) is 44.5 Å². The molecule has 2 aromatic rings. The Labute approximate surface area is 118 Å². The van der Waals surface area contributed by atoms with Crippen molar-refractivity contribution >= 4 is 0 Å². The van der Waals surface area contributed by atoms with Crippen molar-refractivity contribution in [1.29, 1.82) is 0 Å². The summed E-state index contributed by atoms with van der Waals surface area (Å²) in [7, 11) is 0. The first-order valence-electron chi connectivity index (χ1n) is 7.02. The number of rotatable bonds is 2. The molecule has 1 atom stereocenters. The van der Waals surface area contributed by atoms with Crippen molar-refractivity contribution < 1.29 is 9.47 Å². The van der Waals surface area contributed by atoms with Crippen LogP contribution in [0.5, 0.6) is 5.75 Å². The lowest BCUT2D eigenvalue weighted by atomic mass is 9.94. The van der Waals surface area contributed by atoms with E-state index < -0.39 is 0 Å². The van der Waals surface area contributed by atoms with E-state index in [1.54, 1.807) is 0 Å². The standard InChI is InChI=1S/C17H17NO2/c18-16(12-4-5-13-9-19-10-14(13)8-12)15-3-1-2-11-6-7-20-17(11)15/h1-5,8,16H,6-7,9-10,18H2. The Morgan fingerprint density at radius 2 is 1.90 bits per heavy atom. The number of hydrogen-bond donors (Lipinski definition) is 1. The highest BCUT2D eigenvalue weighted by molar-refractivity contribution is 5.49. The van der Waals surface area contributed by atoms with Crippen molar-refractivity contribution in [2.75, 3.05) is 6.61 Å². The van der Waals surface area contributed by atoms with Crippen molar-refractivity contribution in [1.82, 2.24) is 0 Å². The fourth-order valence-corrected chi connectivity index (χ4v) is 3.05. The molecule has 4 rings (SSSR count). The van der Waals surface area contributed by atoms with E-state index in [1.807, 2.05) is 0 Å². The number of nitrogens with two attached hydrogens (primary N) is 1. The summed E-state index contributed by atoms with van der Waals surface area (Å²) in [5.74, 6) is 0.983. The number of fused-ring (bicyclic) bond motifs is 2. The van der Waals surface area contributed by atoms with Crippen LogP contribution in [0.15, 0.2) is 36.4 Å². The zero-order chi connectivity index (χ0) is 13.5. The summed E-state index contributed by atoms with van der Waals surface area (Å²) in [5, 5.41) is 0. The molecule has 0 radical (unpaired) electrons. The summed E-state index contributed by atoms with van der Waals surface area (Å²) in [6.45, 7) is 2.17. The van der Waals surface area contributed by atoms with Gasteiger partial charge in [-0.3, -0.25) is 0 Å². The Bertz CT molecular complexity index is 666. The molecule has 2 N–H and O–H groups in total. The third-order valence-corrected chi connectivity index (χ3v) is 4.18. The highest BCUT2D eigenvalue weighted by Crippen LogP contribution is 2.35. The summed E-state index contributed by atoms with van der Waals surface area (Å²) >= 11 is 0. The van der Waals surface area contributed by atoms with Gasteiger partial charge in [-0.25, -0.2) is 0 Å². The van der Waals surface area contributed by atoms with Crippen LogP contribution in [0.4, 0.5) is 0 Å². The van der Waals surface area contributed by atoms with E-state index in [0.29, 0.717) is 13.2 Å². The molecule has 1 unspecified atom stereocenters. The molecule has 2 aromatic carbocycles. The maximum Gasteiger partial charge on any atom is 0.127 e. The largest absolute Gasteiger partial charge is 0.493 e. The van der Waals surface area contributed by atoms with Crippen LogP contribution in [0, 0.1) is 0 Å². The Balaban J connectivity index is 1.74. The molecule has 0 amide bonds. The van der Waals surface area contributed by atoms with Gasteiger partial charge in [-0.1, -0.05) is 36.4 Å². The predicted octanol–water partition coefficient (Wildman–Crippen LogP) is 2.70. The van der Waals surface area contributed by atoms with Gasteiger partial charge in [0.1, 0.15) is 5.75 Å². The van der Waals surface area contributed by atoms with E-state index in [4.69, 9.17) is 15.2 Å². The van der Waals surface area contributed by atoms with Crippen LogP contribution in [-0.2, 0) is 24.4 Å². The second kappa shape index (κ2) is 4.62. The normalized spacial score (nSPS) is 17.4. The van der Waals surface area contributed by atoms with Crippen LogP contribution < -0.4 is 10.5 Å². The molecule has 2 aliphatic rings. The monoisotopic (exact) mass is 267 g/mol. The van der Waals surface area contributed by atoms with Gasteiger partial charge in [-0.05, 0) is 22.3 Å². The minimum absolute atomic E-state index is 0.144. The van der Waals surface area contributed by atoms with Crippen molar-refractivity contribution in [2.45, 2.75) is 25.7 Å². The lowest BCUT2D eigenvalue weighted by Gasteiger charge is -2.16. The third-order valence-electron chi connectivity index (χ3n) is 4.18. The number of hydrogen-bond acceptors (Lipinski definition) is 3. The van der Waals surface area contributed by atoms with Gasteiger partial charge < -0.3 is 15.2 Å². The molecule has 2 aliphatic heterocycles. The average molecular weight is 267 g/mol. The molecule has 0 spiro atoms. The first-order chi connectivity index (χ1) is 9.83. The Hall–Kier alpha value is -1.84. The summed E-state index contributed by atoms with van der Waals surface area (Å²) < 4.78 is 11.2. The van der Waals surface area contributed by atoms with E-state index in [2.05, 4.69) is 36.4 Å². The van der Waals surface area contributed by atoms with Crippen LogP contribution in [0.3, 0.4) is 0 Å². The molecule has 0 bridgehead atoms. The van der Waals surface area contributed by atoms with Gasteiger partial charge in [0, 0.05) is 12.0 Å². The fourth-order valence-electron chi connectivity index (χ4n) is 3.05. The molecule has 0 saturated heterocycles. The van der Waals surface area contributed by atoms with Crippen LogP contribution in [-0.4, -0.2) is 6.61 Å². The SMILES string of the molecule is NC(c1ccc2c(c1)COC2)c1cccc2c1OCC2. The lowest BCUT2D eigenvalue weighted by Crippen LogP contribution is -2.13. The van der Waals surface area contributed by atoms with Gasteiger partial charge in [0.05, 0.1) is 25.9 Å². The number of ether oxygens (including phenoxy) is 2. The van der Waals surface area contributed by atoms with Crippen LogP contribution in [0.25, 0.3) is 0 Å². The average Bonchev–Trinajstić information content (AvgIpc) is 3.13. The smallest absolute Gasteiger partial charge is 0.127 e. The van der Waals surface area contributed by atoms with E-state index in [-0.39, 0.29) is 6.04 Å². The summed E-state index contributed by atoms with van der Waals surface area (Å²) in [6, 6.07) is 12.5. The lowest BCUT2D eigenvalue weighted by molar-refractivity contribution is 0.134. The first-order valence-corrected chi connectivity index (χ1v) is 7.02. The maximum atomic E-state index is 6.46. The Morgan fingerprint density at radius 1 is 1.00 bits per heavy atom. The summed E-state index contributed by atoms with van der Waals surface area (Å²) in [6.07, 6.45) is 0.980. The number of para-hydroxylation sites is 1. The van der Waals surface area contributed by atoms with Crippen LogP contribution >= 0.6 is 0 Å². The zero-order valence-electron chi connectivity index (χ0n) is 11.3. The van der Waals surface area contributed by atoms with Crippen molar-refractivity contribution in [3.8, 4) is 5.75 Å². The second-order valence-corrected chi connectivity index (χ2v) is 5.43. The molecule has 0 aliphatic carbocycles. The minimum atomic E-state index is -0.144. The zero-order valence-corrected chi connectivity index (χ0v) is 11.3. The first kappa shape index (κ1) is 11.9. The molecule has 0 saturated carbocycles. The van der Waals surface area contributed by atoms with E-state index in [9.17, 15) is 0 Å². The second-order valence-electron chi connectivity index (χ2n) is 5.43. The van der Waals surface area contributed by atoms with Crippen LogP contribution in [0.1, 0.15) is 33.9 Å². The predicted molar refractivity (Wildman–Crippen MR) is 76.6 cm³/mol. The van der Waals surface area contributed by atoms with Crippen molar-refractivity contribution in [2.24, 2.45) is 5.73 Å².